The molecule has 2 amide bonds. The summed E-state index contributed by atoms with van der Waals surface area (Å²) in [6.45, 7) is 2.46. The molecule has 0 aliphatic rings. The van der Waals surface area contributed by atoms with Crippen LogP contribution in [0.5, 0.6) is 0 Å². The first-order valence-corrected chi connectivity index (χ1v) is 20.7. The smallest absolute Gasteiger partial charge is 0.298 e. The summed E-state index contributed by atoms with van der Waals surface area (Å²) < 4.78 is 3.43. The average molecular weight is 968 g/mol. The first-order chi connectivity index (χ1) is 29.7. The van der Waals surface area contributed by atoms with Gasteiger partial charge in [0, 0.05) is 48.3 Å². The molecule has 0 radical (unpaired) electrons. The summed E-state index contributed by atoms with van der Waals surface area (Å²) in [5.74, 6) is -2.90. The molecule has 12 nitrogen and oxygen atoms in total. The fourth-order valence-corrected chi connectivity index (χ4v) is 8.20. The van der Waals surface area contributed by atoms with E-state index in [2.05, 4.69) is 30.6 Å². The van der Waals surface area contributed by atoms with Gasteiger partial charge in [-0.2, -0.15) is 0 Å². The molecular formula is C43H27Cl7N8O4. The van der Waals surface area contributed by atoms with E-state index in [1.165, 1.54) is 37.2 Å². The fraction of sp³-hybridized carbons (Fsp3) is 0.0698. The third-order valence-electron chi connectivity index (χ3n) is 9.32. The summed E-state index contributed by atoms with van der Waals surface area (Å²) in [6.07, 6.45) is 5.44. The van der Waals surface area contributed by atoms with Crippen LogP contribution in [-0.2, 0) is 22.7 Å². The largest absolute Gasteiger partial charge is 0.326 e. The standard InChI is InChI=1S/C22H15Cl3N4O2.C21H12Cl4N4O2/c1-12-2-5-17-15(8-12)19(20(30)22(31)28-18-6-7-26-11-27-18)21(25)29(17)10-13-3-4-14(23)9-16(13)24;22-12-3-4-16-14(7-12)18(19(30)21(31)28-17-5-6-26-10-27-17)20(25)29(16)9-11-1-2-13(23)8-15(11)24/h2-9,11H,10H2,1H3,(H,26,27,28,31);1-8,10H,9H2,(H,26,27,28,31). The van der Waals surface area contributed by atoms with Gasteiger partial charge in [-0.05, 0) is 84.8 Å². The van der Waals surface area contributed by atoms with Crippen molar-refractivity contribution in [3.8, 4) is 0 Å². The molecule has 19 heteroatoms. The van der Waals surface area contributed by atoms with E-state index in [0.717, 1.165) is 16.7 Å². The highest BCUT2D eigenvalue weighted by molar-refractivity contribution is 6.53. The quantitative estimate of drug-likeness (QED) is 0.101. The van der Waals surface area contributed by atoms with Crippen LogP contribution < -0.4 is 10.6 Å². The van der Waals surface area contributed by atoms with Crippen LogP contribution in [-0.4, -0.2) is 52.5 Å². The van der Waals surface area contributed by atoms with Crippen LogP contribution in [0.15, 0.2) is 110 Å². The second-order valence-electron chi connectivity index (χ2n) is 13.4. The molecule has 0 bridgehead atoms. The van der Waals surface area contributed by atoms with Crippen molar-refractivity contribution in [1.29, 1.82) is 0 Å². The number of halogens is 7. The van der Waals surface area contributed by atoms with E-state index in [1.807, 2.05) is 25.1 Å². The average Bonchev–Trinajstić information content (AvgIpc) is 3.67. The van der Waals surface area contributed by atoms with E-state index in [1.54, 1.807) is 63.7 Å². The number of hydrogen-bond acceptors (Lipinski definition) is 8. The van der Waals surface area contributed by atoms with Gasteiger partial charge in [0.05, 0.1) is 35.2 Å². The molecule has 0 saturated heterocycles. The van der Waals surface area contributed by atoms with E-state index in [-0.39, 0.29) is 39.6 Å². The number of aryl methyl sites for hydroxylation is 1. The van der Waals surface area contributed by atoms with Gasteiger partial charge >= 0.3 is 0 Å². The summed E-state index contributed by atoms with van der Waals surface area (Å²) in [6, 6.07) is 23.8. The number of nitrogens with zero attached hydrogens (tertiary/aromatic N) is 6. The molecule has 0 saturated carbocycles. The molecule has 0 spiro atoms. The number of aromatic nitrogens is 6. The Morgan fingerprint density at radius 2 is 0.952 bits per heavy atom. The second-order valence-corrected chi connectivity index (χ2v) is 16.3. The Kier molecular flexibility index (Phi) is 13.8. The molecule has 0 atom stereocenters. The second kappa shape index (κ2) is 19.2. The number of amides is 2. The van der Waals surface area contributed by atoms with Crippen molar-refractivity contribution >= 4 is 138 Å². The molecule has 4 aromatic carbocycles. The van der Waals surface area contributed by atoms with Gasteiger partial charge < -0.3 is 19.8 Å². The first-order valence-electron chi connectivity index (χ1n) is 18.1. The Labute approximate surface area is 387 Å². The zero-order valence-corrected chi connectivity index (χ0v) is 37.1. The van der Waals surface area contributed by atoms with E-state index in [4.69, 9.17) is 81.2 Å². The van der Waals surface area contributed by atoms with Gasteiger partial charge in [0.15, 0.2) is 0 Å². The number of rotatable bonds is 10. The molecule has 0 unspecified atom stereocenters. The van der Waals surface area contributed by atoms with Crippen LogP contribution in [0.1, 0.15) is 37.4 Å². The first kappa shape index (κ1) is 44.5. The van der Waals surface area contributed by atoms with Crippen molar-refractivity contribution in [3.63, 3.8) is 0 Å². The molecule has 0 fully saturated rings. The Morgan fingerprint density at radius 3 is 1.39 bits per heavy atom. The predicted octanol–water partition coefficient (Wildman–Crippen LogP) is 11.5. The highest BCUT2D eigenvalue weighted by atomic mass is 35.5. The van der Waals surface area contributed by atoms with Crippen molar-refractivity contribution in [2.24, 2.45) is 0 Å². The topological polar surface area (TPSA) is 154 Å². The van der Waals surface area contributed by atoms with E-state index >= 15 is 0 Å². The van der Waals surface area contributed by atoms with Crippen LogP contribution in [0.2, 0.25) is 35.4 Å². The van der Waals surface area contributed by atoms with Crippen molar-refractivity contribution in [2.45, 2.75) is 20.0 Å². The molecule has 62 heavy (non-hydrogen) atoms. The number of nitrogens with one attached hydrogen (secondary N) is 2. The Bertz CT molecular complexity index is 2850. The van der Waals surface area contributed by atoms with Gasteiger partial charge in [-0.25, -0.2) is 19.9 Å². The lowest BCUT2D eigenvalue weighted by Gasteiger charge is -2.10. The molecule has 0 aliphatic carbocycles. The number of carbonyl (C=O) groups excluding carboxylic acids is 4. The van der Waals surface area contributed by atoms with E-state index in [9.17, 15) is 19.2 Å². The van der Waals surface area contributed by atoms with Crippen LogP contribution in [0.25, 0.3) is 21.8 Å². The number of carbonyl (C=O) groups is 4. The van der Waals surface area contributed by atoms with Crippen LogP contribution in [0.4, 0.5) is 11.6 Å². The number of benzene rings is 4. The fourth-order valence-electron chi connectivity index (χ4n) is 6.42. The minimum absolute atomic E-state index is 0.0378. The molecular weight excluding hydrogens is 941 g/mol. The normalized spacial score (nSPS) is 11.0. The van der Waals surface area contributed by atoms with Crippen molar-refractivity contribution < 1.29 is 19.2 Å². The van der Waals surface area contributed by atoms with Crippen molar-refractivity contribution in [2.75, 3.05) is 10.6 Å². The Morgan fingerprint density at radius 1 is 0.532 bits per heavy atom. The summed E-state index contributed by atoms with van der Waals surface area (Å²) in [4.78, 5) is 66.7. The lowest BCUT2D eigenvalue weighted by molar-refractivity contribution is -0.113. The minimum atomic E-state index is -0.885. The predicted molar refractivity (Wildman–Crippen MR) is 245 cm³/mol. The summed E-state index contributed by atoms with van der Waals surface area (Å²) in [5, 5.41) is 8.54. The van der Waals surface area contributed by atoms with Gasteiger partial charge in [-0.15, -0.1) is 0 Å². The number of Topliss-reactive ketones (excluding diaryl/α,β-unsaturated/α-hetero) is 2. The Hall–Kier alpha value is -5.57. The maximum atomic E-state index is 13.1. The summed E-state index contributed by atoms with van der Waals surface area (Å²) in [5.41, 5.74) is 3.93. The number of hydrogen-bond donors (Lipinski definition) is 2. The Balaban J connectivity index is 0.000000186. The van der Waals surface area contributed by atoms with Crippen molar-refractivity contribution in [1.82, 2.24) is 29.1 Å². The highest BCUT2D eigenvalue weighted by Crippen LogP contribution is 2.36. The van der Waals surface area contributed by atoms with Gasteiger partial charge in [0.2, 0.25) is 0 Å². The molecule has 8 rings (SSSR count). The number of fused-ring (bicyclic) bond motifs is 2. The zero-order chi connectivity index (χ0) is 44.2. The third kappa shape index (κ3) is 9.72. The van der Waals surface area contributed by atoms with Gasteiger partial charge in [0.1, 0.15) is 34.6 Å². The van der Waals surface area contributed by atoms with Crippen molar-refractivity contribution in [3.05, 3.63) is 173 Å². The van der Waals surface area contributed by atoms with E-state index < -0.39 is 23.4 Å². The van der Waals surface area contributed by atoms with Gasteiger partial charge in [0.25, 0.3) is 23.4 Å². The lowest BCUT2D eigenvalue weighted by Crippen LogP contribution is -2.23. The third-order valence-corrected chi connectivity index (χ3v) is 11.5. The van der Waals surface area contributed by atoms with Crippen LogP contribution >= 0.6 is 81.2 Å². The maximum absolute atomic E-state index is 13.1. The van der Waals surface area contributed by atoms with Crippen LogP contribution in [0.3, 0.4) is 0 Å². The van der Waals surface area contributed by atoms with E-state index in [0.29, 0.717) is 53.5 Å². The van der Waals surface area contributed by atoms with Crippen LogP contribution in [0, 0.1) is 6.92 Å². The molecule has 2 N–H and O–H groups in total. The summed E-state index contributed by atoms with van der Waals surface area (Å²) >= 11 is 44.0. The maximum Gasteiger partial charge on any atom is 0.298 e. The molecule has 312 valence electrons. The molecule has 4 heterocycles. The van der Waals surface area contributed by atoms with Gasteiger partial charge in [-0.1, -0.05) is 105 Å². The highest BCUT2D eigenvalue weighted by Gasteiger charge is 2.29. The number of anilines is 2. The minimum Gasteiger partial charge on any atom is -0.326 e. The molecule has 4 aromatic heterocycles. The monoisotopic (exact) mass is 964 g/mol. The molecule has 8 aromatic rings. The zero-order valence-electron chi connectivity index (χ0n) is 31.8. The lowest BCUT2D eigenvalue weighted by atomic mass is 10.1. The molecule has 0 aliphatic heterocycles. The SMILES string of the molecule is Cc1ccc2c(c1)c(C(=O)C(=O)Nc1ccncn1)c(Cl)n2Cc1ccc(Cl)cc1Cl.O=C(Nc1ccncn1)C(=O)c1c(Cl)n(Cc2ccc(Cl)cc2Cl)c2ccc(Cl)cc12. The number of ketones is 2. The summed E-state index contributed by atoms with van der Waals surface area (Å²) in [7, 11) is 0. The van der Waals surface area contributed by atoms with Gasteiger partial charge in [-0.3, -0.25) is 19.2 Å².